The molecule has 0 saturated carbocycles. The summed E-state index contributed by atoms with van der Waals surface area (Å²) in [5.41, 5.74) is 0.614. The largest absolute Gasteiger partial charge is 0.389 e. The minimum absolute atomic E-state index is 0.354. The van der Waals surface area contributed by atoms with Gasteiger partial charge in [0.1, 0.15) is 6.10 Å². The first-order chi connectivity index (χ1) is 6.16. The van der Waals surface area contributed by atoms with Crippen LogP contribution in [0.5, 0.6) is 0 Å². The normalized spacial score (nSPS) is 15.7. The Morgan fingerprint density at radius 3 is 2.77 bits per heavy atom. The Morgan fingerprint density at radius 2 is 2.31 bits per heavy atom. The number of likely N-dealkylation sites (N-methyl/N-ethyl adjacent to an activating group) is 1. The highest BCUT2D eigenvalue weighted by molar-refractivity contribution is 5.04. The molecule has 0 aliphatic heterocycles. The molecule has 0 aromatic carbocycles. The van der Waals surface area contributed by atoms with Crippen molar-refractivity contribution in [3.8, 4) is 0 Å². The number of aryl methyl sites for hydroxylation is 1. The number of rotatable bonds is 4. The van der Waals surface area contributed by atoms with E-state index in [9.17, 15) is 10.2 Å². The van der Waals surface area contributed by atoms with Crippen LogP contribution in [0.3, 0.4) is 0 Å². The molecule has 1 rings (SSSR count). The first-order valence-electron chi connectivity index (χ1n) is 4.13. The molecular formula is C8H15N3O2. The van der Waals surface area contributed by atoms with E-state index in [1.165, 1.54) is 0 Å². The van der Waals surface area contributed by atoms with Crippen LogP contribution in [0.25, 0.3) is 0 Å². The Morgan fingerprint density at radius 1 is 1.62 bits per heavy atom. The number of nitrogens with zero attached hydrogens (tertiary/aromatic N) is 2. The van der Waals surface area contributed by atoms with Gasteiger partial charge in [0.15, 0.2) is 0 Å². The van der Waals surface area contributed by atoms with E-state index < -0.39 is 12.2 Å². The molecular weight excluding hydrogens is 170 g/mol. The Kier molecular flexibility index (Phi) is 3.41. The maximum atomic E-state index is 9.64. The Labute approximate surface area is 77.0 Å². The number of hydrogen-bond acceptors (Lipinski definition) is 4. The summed E-state index contributed by atoms with van der Waals surface area (Å²) in [4.78, 5) is 3.86. The molecule has 0 amide bonds. The smallest absolute Gasteiger partial charge is 0.123 e. The second-order valence-electron chi connectivity index (χ2n) is 3.00. The van der Waals surface area contributed by atoms with E-state index in [2.05, 4.69) is 10.3 Å². The van der Waals surface area contributed by atoms with Gasteiger partial charge in [0.05, 0.1) is 24.3 Å². The fourth-order valence-corrected chi connectivity index (χ4v) is 1.17. The zero-order chi connectivity index (χ0) is 9.84. The molecule has 0 spiro atoms. The van der Waals surface area contributed by atoms with Crippen molar-refractivity contribution in [3.05, 3.63) is 18.2 Å². The molecule has 5 heteroatoms. The van der Waals surface area contributed by atoms with Crippen LogP contribution in [0, 0.1) is 0 Å². The van der Waals surface area contributed by atoms with Crippen LogP contribution in [-0.2, 0) is 7.05 Å². The number of aromatic nitrogens is 2. The van der Waals surface area contributed by atoms with E-state index >= 15 is 0 Å². The third-order valence-corrected chi connectivity index (χ3v) is 1.93. The highest BCUT2D eigenvalue weighted by Crippen LogP contribution is 2.14. The molecule has 0 saturated heterocycles. The van der Waals surface area contributed by atoms with E-state index in [-0.39, 0.29) is 0 Å². The summed E-state index contributed by atoms with van der Waals surface area (Å²) < 4.78 is 1.68. The quantitative estimate of drug-likeness (QED) is 0.564. The number of imidazole rings is 1. The second kappa shape index (κ2) is 4.36. The third-order valence-electron chi connectivity index (χ3n) is 1.93. The molecule has 3 N–H and O–H groups in total. The number of aliphatic hydroxyl groups excluding tert-OH is 2. The van der Waals surface area contributed by atoms with Gasteiger partial charge in [0.2, 0.25) is 0 Å². The molecule has 0 aliphatic carbocycles. The van der Waals surface area contributed by atoms with Crippen molar-refractivity contribution in [2.24, 2.45) is 7.05 Å². The molecule has 5 nitrogen and oxygen atoms in total. The van der Waals surface area contributed by atoms with E-state index in [4.69, 9.17) is 0 Å². The lowest BCUT2D eigenvalue weighted by Gasteiger charge is -2.17. The fraction of sp³-hybridized carbons (Fsp3) is 0.625. The van der Waals surface area contributed by atoms with Crippen molar-refractivity contribution in [3.63, 3.8) is 0 Å². The van der Waals surface area contributed by atoms with E-state index in [1.54, 1.807) is 31.2 Å². The minimum atomic E-state index is -0.889. The Balaban J connectivity index is 2.67. The molecule has 74 valence electrons. The van der Waals surface area contributed by atoms with Crippen molar-refractivity contribution in [2.45, 2.75) is 12.2 Å². The first kappa shape index (κ1) is 10.2. The average molecular weight is 185 g/mol. The number of hydrogen-bond donors (Lipinski definition) is 3. The van der Waals surface area contributed by atoms with Gasteiger partial charge in [-0.1, -0.05) is 0 Å². The van der Waals surface area contributed by atoms with E-state index in [0.29, 0.717) is 12.2 Å². The summed E-state index contributed by atoms with van der Waals surface area (Å²) in [6.45, 7) is 0.354. The summed E-state index contributed by atoms with van der Waals surface area (Å²) in [6, 6.07) is 0. The van der Waals surface area contributed by atoms with Crippen LogP contribution in [0.1, 0.15) is 11.8 Å². The van der Waals surface area contributed by atoms with Crippen LogP contribution in [-0.4, -0.2) is 39.5 Å². The summed E-state index contributed by atoms with van der Waals surface area (Å²) in [5, 5.41) is 21.9. The van der Waals surface area contributed by atoms with Crippen molar-refractivity contribution >= 4 is 0 Å². The van der Waals surface area contributed by atoms with Crippen molar-refractivity contribution in [1.82, 2.24) is 14.9 Å². The van der Waals surface area contributed by atoms with Crippen molar-refractivity contribution in [1.29, 1.82) is 0 Å². The average Bonchev–Trinajstić information content (AvgIpc) is 2.50. The van der Waals surface area contributed by atoms with Crippen LogP contribution < -0.4 is 5.32 Å². The molecule has 1 aromatic heterocycles. The van der Waals surface area contributed by atoms with Crippen LogP contribution >= 0.6 is 0 Å². The molecule has 0 radical (unpaired) electrons. The Bertz CT molecular complexity index is 262. The van der Waals surface area contributed by atoms with Gasteiger partial charge < -0.3 is 20.1 Å². The maximum Gasteiger partial charge on any atom is 0.123 e. The van der Waals surface area contributed by atoms with Gasteiger partial charge in [0, 0.05) is 13.6 Å². The van der Waals surface area contributed by atoms with Gasteiger partial charge >= 0.3 is 0 Å². The van der Waals surface area contributed by atoms with E-state index in [0.717, 1.165) is 0 Å². The topological polar surface area (TPSA) is 70.3 Å². The highest BCUT2D eigenvalue weighted by atomic mass is 16.3. The molecule has 1 aromatic rings. The summed E-state index contributed by atoms with van der Waals surface area (Å²) in [6.07, 6.45) is 1.44. The van der Waals surface area contributed by atoms with Crippen LogP contribution in [0.15, 0.2) is 12.5 Å². The summed E-state index contributed by atoms with van der Waals surface area (Å²) in [5.74, 6) is 0. The lowest BCUT2D eigenvalue weighted by atomic mass is 10.1. The molecule has 0 bridgehead atoms. The van der Waals surface area contributed by atoms with Gasteiger partial charge in [-0.2, -0.15) is 0 Å². The zero-order valence-corrected chi connectivity index (χ0v) is 7.81. The van der Waals surface area contributed by atoms with Gasteiger partial charge in [0.25, 0.3) is 0 Å². The van der Waals surface area contributed by atoms with Crippen molar-refractivity contribution in [2.75, 3.05) is 13.6 Å². The Hall–Kier alpha value is -0.910. The standard InChI is InChI=1S/C8H15N3O2/c1-9-4-7(12)8(13)6-3-10-5-11(6)2/h3,5,7-9,12-13H,4H2,1-2H3. The number of nitrogens with one attached hydrogen (secondary N) is 1. The lowest BCUT2D eigenvalue weighted by molar-refractivity contribution is 0.0160. The van der Waals surface area contributed by atoms with Gasteiger partial charge in [-0.3, -0.25) is 0 Å². The molecule has 0 aliphatic rings. The number of aliphatic hydroxyl groups is 2. The second-order valence-corrected chi connectivity index (χ2v) is 3.00. The van der Waals surface area contributed by atoms with Crippen LogP contribution in [0.2, 0.25) is 0 Å². The lowest BCUT2D eigenvalue weighted by Crippen LogP contribution is -2.30. The monoisotopic (exact) mass is 185 g/mol. The van der Waals surface area contributed by atoms with Gasteiger partial charge in [-0.05, 0) is 7.05 Å². The third kappa shape index (κ3) is 2.27. The predicted octanol–water partition coefficient (Wildman–Crippen LogP) is -0.966. The van der Waals surface area contributed by atoms with Gasteiger partial charge in [-0.15, -0.1) is 0 Å². The molecule has 2 atom stereocenters. The molecule has 2 unspecified atom stereocenters. The highest BCUT2D eigenvalue weighted by Gasteiger charge is 2.19. The zero-order valence-electron chi connectivity index (χ0n) is 7.81. The summed E-state index contributed by atoms with van der Waals surface area (Å²) >= 11 is 0. The van der Waals surface area contributed by atoms with Crippen LogP contribution in [0.4, 0.5) is 0 Å². The fourth-order valence-electron chi connectivity index (χ4n) is 1.17. The predicted molar refractivity (Wildman–Crippen MR) is 48.1 cm³/mol. The minimum Gasteiger partial charge on any atom is -0.389 e. The molecule has 0 fully saturated rings. The van der Waals surface area contributed by atoms with Gasteiger partial charge in [-0.25, -0.2) is 4.98 Å². The SMILES string of the molecule is CNCC(O)C(O)c1cncn1C. The summed E-state index contributed by atoms with van der Waals surface area (Å²) in [7, 11) is 3.50. The maximum absolute atomic E-state index is 9.64. The first-order valence-corrected chi connectivity index (χ1v) is 4.13. The van der Waals surface area contributed by atoms with Crippen molar-refractivity contribution < 1.29 is 10.2 Å². The molecule has 1 heterocycles. The van der Waals surface area contributed by atoms with E-state index in [1.807, 2.05) is 0 Å². The molecule has 13 heavy (non-hydrogen) atoms.